The molecule has 0 spiro atoms. The summed E-state index contributed by atoms with van der Waals surface area (Å²) < 4.78 is 4.39. The van der Waals surface area contributed by atoms with E-state index in [0.717, 1.165) is 6.07 Å². The third-order valence-corrected chi connectivity index (χ3v) is 2.11. The molecule has 0 aromatic heterocycles. The highest BCUT2D eigenvalue weighted by Gasteiger charge is 2.13. The average Bonchev–Trinajstić information content (AvgIpc) is 2.36. The topological polar surface area (TPSA) is 151 Å². The third-order valence-electron chi connectivity index (χ3n) is 2.11. The van der Waals surface area contributed by atoms with E-state index in [1.54, 1.807) is 0 Å². The Morgan fingerprint density at radius 1 is 1.30 bits per heavy atom. The van der Waals surface area contributed by atoms with E-state index < -0.39 is 18.1 Å². The molecule has 1 aromatic rings. The number of aromatic hydroxyl groups is 1. The number of carbonyl (C=O) groups is 3. The molecule has 0 saturated heterocycles. The smallest absolute Gasteiger partial charge is 0.404 e. The number of benzene rings is 1. The van der Waals surface area contributed by atoms with Crippen molar-refractivity contribution >= 4 is 23.8 Å². The maximum Gasteiger partial charge on any atom is 0.404 e. The molecule has 108 valence electrons. The molecule has 0 atom stereocenters. The Bertz CT molecular complexity index is 531. The monoisotopic (exact) mass is 283 g/mol. The minimum atomic E-state index is -1.30. The fourth-order valence-electron chi connectivity index (χ4n) is 1.30. The second-order valence-electron chi connectivity index (χ2n) is 3.58. The number of nitrogens with two attached hydrogens (primary N) is 1. The lowest BCUT2D eigenvalue weighted by Crippen LogP contribution is -2.33. The van der Waals surface area contributed by atoms with Gasteiger partial charge in [0, 0.05) is 0 Å². The van der Waals surface area contributed by atoms with Crippen LogP contribution in [0.2, 0.25) is 0 Å². The molecule has 1 aromatic carbocycles. The first kappa shape index (κ1) is 15.1. The zero-order valence-electron chi connectivity index (χ0n) is 10.3. The minimum Gasteiger partial charge on any atom is -0.508 e. The van der Waals surface area contributed by atoms with Crippen molar-refractivity contribution in [1.82, 2.24) is 5.32 Å². The van der Waals surface area contributed by atoms with Crippen molar-refractivity contribution in [2.24, 2.45) is 5.73 Å². The van der Waals surface area contributed by atoms with Crippen molar-refractivity contribution in [2.45, 2.75) is 0 Å². The van der Waals surface area contributed by atoms with Crippen LogP contribution in [0.25, 0.3) is 0 Å². The molecule has 9 heteroatoms. The van der Waals surface area contributed by atoms with Gasteiger partial charge in [-0.1, -0.05) is 0 Å². The standard InChI is InChI=1S/C11H13N3O6/c12-10(18)20-4-3-13-11(19)14-8-2-1-6(15)5-7(8)9(16)17/h1-2,5,15H,3-4H2,(H2,12,18)(H,16,17)(H2,13,14,19). The Kier molecular flexibility index (Phi) is 5.15. The number of carboxylic acids is 1. The number of aromatic carboxylic acids is 1. The van der Waals surface area contributed by atoms with Crippen molar-refractivity contribution in [1.29, 1.82) is 0 Å². The van der Waals surface area contributed by atoms with Crippen molar-refractivity contribution in [3.8, 4) is 5.75 Å². The summed E-state index contributed by atoms with van der Waals surface area (Å²) in [5, 5.41) is 22.7. The summed E-state index contributed by atoms with van der Waals surface area (Å²) in [6, 6.07) is 2.80. The van der Waals surface area contributed by atoms with Gasteiger partial charge in [0.25, 0.3) is 0 Å². The minimum absolute atomic E-state index is 0.00919. The fourth-order valence-corrected chi connectivity index (χ4v) is 1.30. The van der Waals surface area contributed by atoms with Gasteiger partial charge in [-0.15, -0.1) is 0 Å². The molecule has 0 unspecified atom stereocenters. The van der Waals surface area contributed by atoms with Gasteiger partial charge in [-0.3, -0.25) is 0 Å². The highest BCUT2D eigenvalue weighted by molar-refractivity contribution is 6.00. The van der Waals surface area contributed by atoms with Crippen LogP contribution in [-0.4, -0.2) is 41.5 Å². The zero-order valence-corrected chi connectivity index (χ0v) is 10.3. The molecule has 6 N–H and O–H groups in total. The lowest BCUT2D eigenvalue weighted by Gasteiger charge is -2.10. The maximum atomic E-state index is 11.5. The van der Waals surface area contributed by atoms with Crippen LogP contribution in [0.1, 0.15) is 10.4 Å². The van der Waals surface area contributed by atoms with Gasteiger partial charge in [0.15, 0.2) is 0 Å². The highest BCUT2D eigenvalue weighted by Crippen LogP contribution is 2.21. The molecule has 20 heavy (non-hydrogen) atoms. The number of rotatable bonds is 5. The third kappa shape index (κ3) is 4.72. The van der Waals surface area contributed by atoms with Gasteiger partial charge in [0.2, 0.25) is 0 Å². The van der Waals surface area contributed by atoms with Gasteiger partial charge in [0.05, 0.1) is 17.8 Å². The first-order chi connectivity index (χ1) is 9.40. The van der Waals surface area contributed by atoms with E-state index in [4.69, 9.17) is 10.8 Å². The molecular formula is C11H13N3O6. The van der Waals surface area contributed by atoms with Gasteiger partial charge in [-0.05, 0) is 18.2 Å². The summed E-state index contributed by atoms with van der Waals surface area (Å²) in [5.74, 6) is -1.53. The van der Waals surface area contributed by atoms with E-state index in [2.05, 4.69) is 15.4 Å². The van der Waals surface area contributed by atoms with Crippen LogP contribution >= 0.6 is 0 Å². The zero-order chi connectivity index (χ0) is 15.1. The molecule has 0 aliphatic carbocycles. The molecule has 1 rings (SSSR count). The second kappa shape index (κ2) is 6.83. The van der Waals surface area contributed by atoms with E-state index >= 15 is 0 Å². The first-order valence-corrected chi connectivity index (χ1v) is 5.43. The molecule has 0 aliphatic heterocycles. The fraction of sp³-hybridized carbons (Fsp3) is 0.182. The van der Waals surface area contributed by atoms with Gasteiger partial charge < -0.3 is 31.3 Å². The number of ether oxygens (including phenoxy) is 1. The molecule has 9 nitrogen and oxygen atoms in total. The number of phenolic OH excluding ortho intramolecular Hbond substituents is 1. The highest BCUT2D eigenvalue weighted by atomic mass is 16.5. The lowest BCUT2D eigenvalue weighted by atomic mass is 10.1. The number of carboxylic acid groups (broad SMARTS) is 1. The van der Waals surface area contributed by atoms with Crippen LogP contribution in [0.3, 0.4) is 0 Å². The summed E-state index contributed by atoms with van der Waals surface area (Å²) in [5.41, 5.74) is 4.48. The normalized spacial score (nSPS) is 9.60. The van der Waals surface area contributed by atoms with E-state index in [1.165, 1.54) is 12.1 Å². The Labute approximate surface area is 113 Å². The maximum absolute atomic E-state index is 11.5. The summed E-state index contributed by atoms with van der Waals surface area (Å²) in [6.45, 7) is -0.0978. The number of urea groups is 1. The molecule has 0 fully saturated rings. The van der Waals surface area contributed by atoms with E-state index in [-0.39, 0.29) is 30.2 Å². The molecule has 3 amide bonds. The summed E-state index contributed by atoms with van der Waals surface area (Å²) >= 11 is 0. The van der Waals surface area contributed by atoms with Gasteiger partial charge in [-0.2, -0.15) is 0 Å². The Balaban J connectivity index is 2.57. The summed E-state index contributed by atoms with van der Waals surface area (Å²) in [6.07, 6.45) is -0.959. The predicted octanol–water partition coefficient (Wildman–Crippen LogP) is 0.307. The van der Waals surface area contributed by atoms with Crippen molar-refractivity contribution in [3.05, 3.63) is 23.8 Å². The quantitative estimate of drug-likeness (QED) is 0.387. The van der Waals surface area contributed by atoms with E-state index in [9.17, 15) is 19.5 Å². The summed E-state index contributed by atoms with van der Waals surface area (Å²) in [4.78, 5) is 32.7. The molecule has 0 radical (unpaired) electrons. The van der Waals surface area contributed by atoms with Gasteiger partial charge in [0.1, 0.15) is 12.4 Å². The number of carbonyl (C=O) groups excluding carboxylic acids is 2. The molecule has 0 heterocycles. The van der Waals surface area contributed by atoms with Gasteiger partial charge in [-0.25, -0.2) is 14.4 Å². The van der Waals surface area contributed by atoms with Crippen molar-refractivity contribution < 1.29 is 29.3 Å². The molecule has 0 saturated carbocycles. The number of amides is 3. The number of hydrogen-bond acceptors (Lipinski definition) is 5. The number of nitrogens with one attached hydrogen (secondary N) is 2. The molecular weight excluding hydrogens is 270 g/mol. The van der Waals surface area contributed by atoms with Crippen LogP contribution in [0.4, 0.5) is 15.3 Å². The van der Waals surface area contributed by atoms with Crippen LogP contribution in [-0.2, 0) is 4.74 Å². The Morgan fingerprint density at radius 3 is 2.60 bits per heavy atom. The Morgan fingerprint density at radius 2 is 2.00 bits per heavy atom. The number of phenols is 1. The Hall–Kier alpha value is -2.97. The van der Waals surface area contributed by atoms with Crippen LogP contribution < -0.4 is 16.4 Å². The second-order valence-corrected chi connectivity index (χ2v) is 3.58. The van der Waals surface area contributed by atoms with Gasteiger partial charge >= 0.3 is 18.1 Å². The number of primary amides is 1. The average molecular weight is 283 g/mol. The number of hydrogen-bond donors (Lipinski definition) is 5. The van der Waals surface area contributed by atoms with Crippen molar-refractivity contribution in [2.75, 3.05) is 18.5 Å². The number of anilines is 1. The largest absolute Gasteiger partial charge is 0.508 e. The van der Waals surface area contributed by atoms with Crippen LogP contribution in [0.15, 0.2) is 18.2 Å². The molecule has 0 aliphatic rings. The molecule has 0 bridgehead atoms. The van der Waals surface area contributed by atoms with E-state index in [1.807, 2.05) is 0 Å². The first-order valence-electron chi connectivity index (χ1n) is 5.43. The van der Waals surface area contributed by atoms with Crippen LogP contribution in [0, 0.1) is 0 Å². The van der Waals surface area contributed by atoms with E-state index in [0.29, 0.717) is 0 Å². The lowest BCUT2D eigenvalue weighted by molar-refractivity contribution is 0.0697. The predicted molar refractivity (Wildman–Crippen MR) is 67.6 cm³/mol. The SMILES string of the molecule is NC(=O)OCCNC(=O)Nc1ccc(O)cc1C(=O)O. The van der Waals surface area contributed by atoms with Crippen molar-refractivity contribution in [3.63, 3.8) is 0 Å². The van der Waals surface area contributed by atoms with Crippen LogP contribution in [0.5, 0.6) is 5.75 Å². The summed E-state index contributed by atoms with van der Waals surface area (Å²) in [7, 11) is 0.